The first kappa shape index (κ1) is 23.0. The summed E-state index contributed by atoms with van der Waals surface area (Å²) in [4.78, 5) is 16.2. The normalized spacial score (nSPS) is 15.5. The number of benzene rings is 3. The van der Waals surface area contributed by atoms with Gasteiger partial charge in [0.2, 0.25) is 11.4 Å². The minimum Gasteiger partial charge on any atom is -0.344 e. The number of allylic oxidation sites excluding steroid dienone is 1. The van der Waals surface area contributed by atoms with Crippen LogP contribution in [0.25, 0.3) is 6.08 Å². The van der Waals surface area contributed by atoms with E-state index in [2.05, 4.69) is 91.8 Å². The third kappa shape index (κ3) is 3.85. The van der Waals surface area contributed by atoms with Crippen LogP contribution in [0.3, 0.4) is 0 Å². The summed E-state index contributed by atoms with van der Waals surface area (Å²) in [5.41, 5.74) is 7.58. The van der Waals surface area contributed by atoms with E-state index in [-0.39, 0.29) is 10.8 Å². The fraction of sp³-hybridized carbons (Fsp3) is 0.250. The van der Waals surface area contributed by atoms with E-state index in [1.807, 2.05) is 36.4 Å². The van der Waals surface area contributed by atoms with Gasteiger partial charge in [-0.15, -0.1) is 0 Å². The lowest BCUT2D eigenvalue weighted by molar-refractivity contribution is 0.629. The van der Waals surface area contributed by atoms with Crippen LogP contribution in [0.5, 0.6) is 0 Å². The molecule has 5 rings (SSSR count). The van der Waals surface area contributed by atoms with E-state index < -0.39 is 0 Å². The topological polar surface area (TPSA) is 23.3 Å². The van der Waals surface area contributed by atoms with Crippen molar-refractivity contribution in [3.63, 3.8) is 0 Å². The SMILES string of the molecule is CCCCN1C(=Cc2c(C)c(=[N+](c3ccccc3)c3ccccc3)c2=O)C(C)(C)c2ccccc21. The van der Waals surface area contributed by atoms with Gasteiger partial charge in [0.25, 0.3) is 10.8 Å². The van der Waals surface area contributed by atoms with E-state index >= 15 is 0 Å². The summed E-state index contributed by atoms with van der Waals surface area (Å²) in [7, 11) is 0. The summed E-state index contributed by atoms with van der Waals surface area (Å²) in [5.74, 6) is 0. The van der Waals surface area contributed by atoms with Crippen molar-refractivity contribution in [1.82, 2.24) is 4.58 Å². The van der Waals surface area contributed by atoms with Crippen molar-refractivity contribution < 1.29 is 0 Å². The van der Waals surface area contributed by atoms with Crippen LogP contribution < -0.4 is 20.3 Å². The molecule has 0 N–H and O–H groups in total. The van der Waals surface area contributed by atoms with Crippen LogP contribution in [0.4, 0.5) is 17.1 Å². The summed E-state index contributed by atoms with van der Waals surface area (Å²) >= 11 is 0. The number of hydrogen-bond donors (Lipinski definition) is 0. The van der Waals surface area contributed by atoms with Gasteiger partial charge in [-0.2, -0.15) is 4.58 Å². The van der Waals surface area contributed by atoms with Crippen LogP contribution >= 0.6 is 0 Å². The first-order valence-corrected chi connectivity index (χ1v) is 12.6. The third-order valence-electron chi connectivity index (χ3n) is 7.29. The van der Waals surface area contributed by atoms with Crippen LogP contribution in [-0.4, -0.2) is 6.54 Å². The maximum atomic E-state index is 13.8. The molecule has 35 heavy (non-hydrogen) atoms. The molecular formula is C32H33N2O+. The molecule has 0 unspecified atom stereocenters. The number of rotatable bonds is 6. The standard InChI is InChI=1S/C32H33N2O/c1-5-6-21-33-28-20-14-13-19-27(28)32(3,4)29(33)22-26-23(2)30(31(26)35)34(24-15-9-7-10-16-24)25-17-11-8-12-18-25/h7-20,22H,5-6,21H2,1-4H3/q+1. The number of hydrogen-bond acceptors (Lipinski definition) is 2. The average molecular weight is 462 g/mol. The minimum absolute atomic E-state index is 0.102. The number of para-hydroxylation sites is 3. The predicted octanol–water partition coefficient (Wildman–Crippen LogP) is 6.61. The maximum absolute atomic E-state index is 13.8. The molecule has 3 nitrogen and oxygen atoms in total. The predicted molar refractivity (Wildman–Crippen MR) is 147 cm³/mol. The zero-order valence-electron chi connectivity index (χ0n) is 21.1. The average Bonchev–Trinajstić information content (AvgIpc) is 3.11. The van der Waals surface area contributed by atoms with Gasteiger partial charge in [-0.25, -0.2) is 0 Å². The highest BCUT2D eigenvalue weighted by Crippen LogP contribution is 2.48. The first-order valence-electron chi connectivity index (χ1n) is 12.6. The van der Waals surface area contributed by atoms with Crippen molar-refractivity contribution in [3.05, 3.63) is 123 Å². The minimum atomic E-state index is -0.161. The molecule has 0 saturated carbocycles. The van der Waals surface area contributed by atoms with Crippen molar-refractivity contribution in [3.8, 4) is 0 Å². The Balaban J connectivity index is 1.70. The highest BCUT2D eigenvalue weighted by molar-refractivity contribution is 5.77. The fourth-order valence-corrected chi connectivity index (χ4v) is 5.33. The lowest BCUT2D eigenvalue weighted by atomic mass is 9.82. The summed E-state index contributed by atoms with van der Waals surface area (Å²) in [6.07, 6.45) is 4.40. The van der Waals surface area contributed by atoms with E-state index in [0.717, 1.165) is 47.2 Å². The zero-order chi connectivity index (χ0) is 24.6. The maximum Gasteiger partial charge on any atom is 0.263 e. The summed E-state index contributed by atoms with van der Waals surface area (Å²) in [6.45, 7) is 9.80. The fourth-order valence-electron chi connectivity index (χ4n) is 5.33. The zero-order valence-corrected chi connectivity index (χ0v) is 21.1. The number of nitrogens with zero attached hydrogens (tertiary/aromatic N) is 2. The molecule has 0 aliphatic carbocycles. The molecule has 0 bridgehead atoms. The largest absolute Gasteiger partial charge is 0.344 e. The number of anilines is 1. The molecule has 1 aliphatic rings. The summed E-state index contributed by atoms with van der Waals surface area (Å²) in [5, 5.41) is 0.752. The van der Waals surface area contributed by atoms with Crippen LogP contribution in [0, 0.1) is 6.92 Å². The Hall–Kier alpha value is -3.72. The van der Waals surface area contributed by atoms with Crippen molar-refractivity contribution in [2.24, 2.45) is 0 Å². The van der Waals surface area contributed by atoms with Gasteiger partial charge in [0.05, 0.1) is 0 Å². The Morgan fingerprint density at radius 1 is 0.857 bits per heavy atom. The number of unbranched alkanes of at least 4 members (excludes halogenated alkanes) is 1. The Morgan fingerprint density at radius 3 is 2.00 bits per heavy atom. The monoisotopic (exact) mass is 461 g/mol. The molecule has 0 saturated heterocycles. The smallest absolute Gasteiger partial charge is 0.263 e. The van der Waals surface area contributed by atoms with E-state index in [4.69, 9.17) is 0 Å². The van der Waals surface area contributed by atoms with E-state index in [1.54, 1.807) is 0 Å². The molecule has 1 heterocycles. The molecule has 4 aromatic carbocycles. The van der Waals surface area contributed by atoms with E-state index in [9.17, 15) is 4.79 Å². The van der Waals surface area contributed by atoms with Crippen LogP contribution in [0.1, 0.15) is 50.3 Å². The molecule has 0 atom stereocenters. The highest BCUT2D eigenvalue weighted by atomic mass is 16.1. The van der Waals surface area contributed by atoms with Gasteiger partial charge < -0.3 is 4.90 Å². The summed E-state index contributed by atoms with van der Waals surface area (Å²) < 4.78 is 2.09. The summed E-state index contributed by atoms with van der Waals surface area (Å²) in [6, 6.07) is 28.9. The molecule has 0 amide bonds. The van der Waals surface area contributed by atoms with Gasteiger partial charge in [0.1, 0.15) is 0 Å². The lowest BCUT2D eigenvalue weighted by Gasteiger charge is -2.27. The third-order valence-corrected chi connectivity index (χ3v) is 7.29. The molecule has 0 radical (unpaired) electrons. The second kappa shape index (κ2) is 9.14. The Kier molecular flexibility index (Phi) is 6.02. The molecule has 0 fully saturated rings. The molecule has 0 aromatic heterocycles. The number of fused-ring (bicyclic) bond motifs is 1. The Bertz CT molecular complexity index is 1430. The molecule has 0 spiro atoms. The van der Waals surface area contributed by atoms with Crippen molar-refractivity contribution in [1.29, 1.82) is 0 Å². The van der Waals surface area contributed by atoms with Crippen molar-refractivity contribution in [2.75, 3.05) is 11.4 Å². The molecule has 176 valence electrons. The second-order valence-electron chi connectivity index (χ2n) is 9.90. The van der Waals surface area contributed by atoms with Crippen LogP contribution in [0.15, 0.2) is 95.4 Å². The first-order chi connectivity index (χ1) is 16.9. The quantitative estimate of drug-likeness (QED) is 0.302. The molecular weight excluding hydrogens is 428 g/mol. The van der Waals surface area contributed by atoms with Crippen LogP contribution in [0.2, 0.25) is 0 Å². The second-order valence-corrected chi connectivity index (χ2v) is 9.90. The molecule has 1 aliphatic heterocycles. The Labute approximate surface area is 208 Å². The molecule has 4 aromatic rings. The Morgan fingerprint density at radius 2 is 1.43 bits per heavy atom. The van der Waals surface area contributed by atoms with Gasteiger partial charge in [-0.3, -0.25) is 4.79 Å². The van der Waals surface area contributed by atoms with Crippen molar-refractivity contribution >= 4 is 23.1 Å². The van der Waals surface area contributed by atoms with Crippen LogP contribution in [-0.2, 0) is 5.41 Å². The van der Waals surface area contributed by atoms with Gasteiger partial charge in [0, 0.05) is 58.7 Å². The lowest BCUT2D eigenvalue weighted by Crippen LogP contribution is -2.45. The molecule has 3 heteroatoms. The van der Waals surface area contributed by atoms with Gasteiger partial charge >= 0.3 is 0 Å². The van der Waals surface area contributed by atoms with E-state index in [1.165, 1.54) is 16.9 Å². The van der Waals surface area contributed by atoms with Gasteiger partial charge in [-0.05, 0) is 31.1 Å². The van der Waals surface area contributed by atoms with Gasteiger partial charge in [0.15, 0.2) is 0 Å². The van der Waals surface area contributed by atoms with E-state index in [0.29, 0.717) is 0 Å². The van der Waals surface area contributed by atoms with Gasteiger partial charge in [-0.1, -0.05) is 81.8 Å². The van der Waals surface area contributed by atoms with Crippen molar-refractivity contribution in [2.45, 2.75) is 46.0 Å². The highest BCUT2D eigenvalue weighted by Gasteiger charge is 2.40.